The molecule has 1 aromatic rings. The lowest BCUT2D eigenvalue weighted by molar-refractivity contribution is -0.385. The summed E-state index contributed by atoms with van der Waals surface area (Å²) < 4.78 is 0. The Hall–Kier alpha value is -2.24. The Kier molecular flexibility index (Phi) is 2.80. The highest BCUT2D eigenvalue weighted by atomic mass is 16.6. The van der Waals surface area contributed by atoms with E-state index in [1.54, 1.807) is 0 Å². The van der Waals surface area contributed by atoms with E-state index in [4.69, 9.17) is 5.73 Å². The van der Waals surface area contributed by atoms with E-state index in [1.807, 2.05) is 0 Å². The van der Waals surface area contributed by atoms with Crippen LogP contribution in [0.15, 0.2) is 12.1 Å². The smallest absolute Gasteiger partial charge is 0.280 e. The minimum absolute atomic E-state index is 0.114. The topological polar surface area (TPSA) is 103 Å². The van der Waals surface area contributed by atoms with Gasteiger partial charge in [0.15, 0.2) is 6.29 Å². The molecule has 0 heterocycles. The molecule has 1 amide bonds. The van der Waals surface area contributed by atoms with Gasteiger partial charge in [0.1, 0.15) is 0 Å². The molecule has 78 valence electrons. The molecule has 0 bridgehead atoms. The first-order valence-electron chi connectivity index (χ1n) is 4.01. The molecule has 6 heteroatoms. The van der Waals surface area contributed by atoms with E-state index < -0.39 is 10.8 Å². The average molecular weight is 208 g/mol. The third kappa shape index (κ3) is 1.98. The Balaban J connectivity index is 3.48. The molecule has 0 spiro atoms. The Labute approximate surface area is 84.8 Å². The van der Waals surface area contributed by atoms with Crippen molar-refractivity contribution in [2.45, 2.75) is 6.92 Å². The number of hydrogen-bond donors (Lipinski definition) is 1. The molecule has 0 aliphatic heterocycles. The van der Waals surface area contributed by atoms with Crippen LogP contribution in [-0.2, 0) is 0 Å². The minimum Gasteiger partial charge on any atom is -0.366 e. The third-order valence-electron chi connectivity index (χ3n) is 1.96. The van der Waals surface area contributed by atoms with Crippen molar-refractivity contribution in [1.82, 2.24) is 0 Å². The molecule has 15 heavy (non-hydrogen) atoms. The molecular formula is C9H8N2O4. The highest BCUT2D eigenvalue weighted by Gasteiger charge is 2.17. The monoisotopic (exact) mass is 208 g/mol. The maximum absolute atomic E-state index is 10.9. The van der Waals surface area contributed by atoms with Crippen molar-refractivity contribution in [3.8, 4) is 0 Å². The zero-order valence-corrected chi connectivity index (χ0v) is 7.89. The quantitative estimate of drug-likeness (QED) is 0.451. The molecule has 0 saturated carbocycles. The highest BCUT2D eigenvalue weighted by Crippen LogP contribution is 2.21. The number of primary amides is 1. The van der Waals surface area contributed by atoms with Gasteiger partial charge in [-0.05, 0) is 18.6 Å². The third-order valence-corrected chi connectivity index (χ3v) is 1.96. The Bertz CT molecular complexity index is 454. The first kappa shape index (κ1) is 10.8. The van der Waals surface area contributed by atoms with Gasteiger partial charge >= 0.3 is 0 Å². The van der Waals surface area contributed by atoms with Gasteiger partial charge < -0.3 is 5.73 Å². The van der Waals surface area contributed by atoms with Crippen LogP contribution in [-0.4, -0.2) is 17.1 Å². The first-order chi connectivity index (χ1) is 6.97. The molecule has 0 radical (unpaired) electrons. The second-order valence-corrected chi connectivity index (χ2v) is 2.97. The summed E-state index contributed by atoms with van der Waals surface area (Å²) in [5.41, 5.74) is 5.05. The molecule has 0 aromatic heterocycles. The molecule has 2 N–H and O–H groups in total. The van der Waals surface area contributed by atoms with Crippen LogP contribution in [0.5, 0.6) is 0 Å². The van der Waals surface area contributed by atoms with Gasteiger partial charge in [-0.25, -0.2) is 0 Å². The van der Waals surface area contributed by atoms with E-state index in [2.05, 4.69) is 0 Å². The molecule has 1 rings (SSSR count). The van der Waals surface area contributed by atoms with E-state index in [0.29, 0.717) is 11.8 Å². The van der Waals surface area contributed by atoms with Crippen molar-refractivity contribution in [1.29, 1.82) is 0 Å². The van der Waals surface area contributed by atoms with Crippen LogP contribution < -0.4 is 5.73 Å². The normalized spacial score (nSPS) is 9.67. The number of carbonyl (C=O) groups is 2. The number of aryl methyl sites for hydroxylation is 1. The van der Waals surface area contributed by atoms with Gasteiger partial charge in [-0.15, -0.1) is 0 Å². The summed E-state index contributed by atoms with van der Waals surface area (Å²) in [6.07, 6.45) is 0.323. The van der Waals surface area contributed by atoms with Crippen molar-refractivity contribution in [2.75, 3.05) is 0 Å². The molecule has 0 unspecified atom stereocenters. The van der Waals surface area contributed by atoms with Gasteiger partial charge in [0.2, 0.25) is 5.91 Å². The molecule has 0 aliphatic rings. The van der Waals surface area contributed by atoms with Gasteiger partial charge in [0.05, 0.1) is 10.5 Å². The zero-order valence-electron chi connectivity index (χ0n) is 7.89. The van der Waals surface area contributed by atoms with Crippen molar-refractivity contribution in [3.05, 3.63) is 38.9 Å². The largest absolute Gasteiger partial charge is 0.366 e. The Morgan fingerprint density at radius 2 is 2.13 bits per heavy atom. The molecule has 0 aliphatic carbocycles. The van der Waals surface area contributed by atoms with E-state index in [1.165, 1.54) is 6.92 Å². The number of aldehydes is 1. The summed E-state index contributed by atoms with van der Waals surface area (Å²) in [5, 5.41) is 10.5. The van der Waals surface area contributed by atoms with Crippen LogP contribution in [0.1, 0.15) is 26.3 Å². The average Bonchev–Trinajstić information content (AvgIpc) is 2.16. The maximum Gasteiger partial charge on any atom is 0.280 e. The number of amides is 1. The SMILES string of the molecule is Cc1cc([N+](=O)[O-])c(C=O)cc1C(N)=O. The van der Waals surface area contributed by atoms with E-state index in [-0.39, 0.29) is 16.8 Å². The summed E-state index contributed by atoms with van der Waals surface area (Å²) in [4.78, 5) is 31.3. The maximum atomic E-state index is 10.9. The summed E-state index contributed by atoms with van der Waals surface area (Å²) in [5.74, 6) is -0.717. The van der Waals surface area contributed by atoms with Crippen molar-refractivity contribution in [2.24, 2.45) is 5.73 Å². The van der Waals surface area contributed by atoms with Crippen molar-refractivity contribution >= 4 is 17.9 Å². The van der Waals surface area contributed by atoms with Crippen molar-refractivity contribution in [3.63, 3.8) is 0 Å². The molecule has 6 nitrogen and oxygen atoms in total. The van der Waals surface area contributed by atoms with Crippen LogP contribution in [0, 0.1) is 17.0 Å². The van der Waals surface area contributed by atoms with E-state index in [9.17, 15) is 19.7 Å². The van der Waals surface area contributed by atoms with Gasteiger partial charge in [-0.1, -0.05) is 0 Å². The lowest BCUT2D eigenvalue weighted by Gasteiger charge is -2.03. The van der Waals surface area contributed by atoms with Crippen LogP contribution >= 0.6 is 0 Å². The number of hydrogen-bond acceptors (Lipinski definition) is 4. The first-order valence-corrected chi connectivity index (χ1v) is 4.01. The Morgan fingerprint density at radius 3 is 2.53 bits per heavy atom. The second kappa shape index (κ2) is 3.87. The lowest BCUT2D eigenvalue weighted by Crippen LogP contribution is -2.13. The fourth-order valence-corrected chi connectivity index (χ4v) is 1.23. The van der Waals surface area contributed by atoms with Gasteiger partial charge in [0, 0.05) is 11.6 Å². The van der Waals surface area contributed by atoms with Crippen LogP contribution in [0.4, 0.5) is 5.69 Å². The zero-order chi connectivity index (χ0) is 11.6. The number of nitrogens with zero attached hydrogens (tertiary/aromatic N) is 1. The molecule has 0 atom stereocenters. The molecule has 1 aromatic carbocycles. The fourth-order valence-electron chi connectivity index (χ4n) is 1.23. The van der Waals surface area contributed by atoms with Crippen LogP contribution in [0.2, 0.25) is 0 Å². The predicted octanol–water partition coefficient (Wildman–Crippen LogP) is 0.815. The lowest BCUT2D eigenvalue weighted by atomic mass is 10.0. The molecule has 0 saturated heterocycles. The minimum atomic E-state index is -0.717. The summed E-state index contributed by atoms with van der Waals surface area (Å²) in [7, 11) is 0. The number of nitrogens with two attached hydrogens (primary N) is 1. The summed E-state index contributed by atoms with van der Waals surface area (Å²) in [6.45, 7) is 1.52. The van der Waals surface area contributed by atoms with Gasteiger partial charge in [-0.2, -0.15) is 0 Å². The number of benzene rings is 1. The number of rotatable bonds is 3. The molecule has 0 fully saturated rings. The highest BCUT2D eigenvalue weighted by molar-refractivity contribution is 5.97. The summed E-state index contributed by atoms with van der Waals surface area (Å²) >= 11 is 0. The second-order valence-electron chi connectivity index (χ2n) is 2.97. The number of nitro benzene ring substituents is 1. The van der Waals surface area contributed by atoms with Crippen LogP contribution in [0.3, 0.4) is 0 Å². The fraction of sp³-hybridized carbons (Fsp3) is 0.111. The van der Waals surface area contributed by atoms with Gasteiger partial charge in [0.25, 0.3) is 5.69 Å². The van der Waals surface area contributed by atoms with E-state index >= 15 is 0 Å². The predicted molar refractivity (Wildman–Crippen MR) is 51.7 cm³/mol. The van der Waals surface area contributed by atoms with Crippen molar-refractivity contribution < 1.29 is 14.5 Å². The standard InChI is InChI=1S/C9H8N2O4/c1-5-2-8(11(14)15)6(4-12)3-7(5)9(10)13/h2-4H,1H3,(H2,10,13). The molecular weight excluding hydrogens is 200 g/mol. The number of carbonyl (C=O) groups excluding carboxylic acids is 2. The van der Waals surface area contributed by atoms with E-state index in [0.717, 1.165) is 12.1 Å². The Morgan fingerprint density at radius 1 is 1.53 bits per heavy atom. The number of nitro groups is 1. The van der Waals surface area contributed by atoms with Gasteiger partial charge in [-0.3, -0.25) is 19.7 Å². The summed E-state index contributed by atoms with van der Waals surface area (Å²) in [6, 6.07) is 2.28. The van der Waals surface area contributed by atoms with Crippen LogP contribution in [0.25, 0.3) is 0 Å².